The third-order valence-corrected chi connectivity index (χ3v) is 3.35. The topological polar surface area (TPSA) is 96.7 Å². The van der Waals surface area contributed by atoms with Crippen molar-refractivity contribution in [3.05, 3.63) is 18.2 Å². The van der Waals surface area contributed by atoms with Crippen LogP contribution in [0.15, 0.2) is 17.7 Å². The van der Waals surface area contributed by atoms with E-state index in [0.717, 1.165) is 12.8 Å². The molecule has 98 valence electrons. The molecule has 0 aliphatic carbocycles. The Morgan fingerprint density at radius 2 is 2.22 bits per heavy atom. The van der Waals surface area contributed by atoms with Crippen molar-refractivity contribution >= 4 is 11.7 Å². The minimum absolute atomic E-state index is 0.0204. The molecule has 1 aromatic heterocycles. The van der Waals surface area contributed by atoms with Crippen molar-refractivity contribution in [1.29, 1.82) is 0 Å². The number of hydrogen-bond donors (Lipinski definition) is 2. The molecule has 1 amide bonds. The van der Waals surface area contributed by atoms with Gasteiger partial charge in [0.2, 0.25) is 0 Å². The molecule has 18 heavy (non-hydrogen) atoms. The number of imidazole rings is 1. The predicted octanol–water partition coefficient (Wildman–Crippen LogP) is 0.0187. The summed E-state index contributed by atoms with van der Waals surface area (Å²) in [4.78, 5) is 17.9. The van der Waals surface area contributed by atoms with E-state index in [1.807, 2.05) is 0 Å². The van der Waals surface area contributed by atoms with E-state index >= 15 is 0 Å². The second-order valence-electron chi connectivity index (χ2n) is 4.48. The first-order chi connectivity index (χ1) is 8.63. The molecule has 0 atom stereocenters. The Labute approximate surface area is 105 Å². The van der Waals surface area contributed by atoms with Gasteiger partial charge in [-0.05, 0) is 12.8 Å². The van der Waals surface area contributed by atoms with Crippen molar-refractivity contribution < 1.29 is 10.0 Å². The lowest BCUT2D eigenvalue weighted by molar-refractivity contribution is 0.0699. The number of aryl methyl sites for hydroxylation is 1. The lowest BCUT2D eigenvalue weighted by Gasteiger charge is -2.31. The maximum absolute atomic E-state index is 12.2. The molecule has 1 aliphatic rings. The highest BCUT2D eigenvalue weighted by atomic mass is 16.4. The third kappa shape index (κ3) is 2.29. The normalized spacial score (nSPS) is 18.1. The van der Waals surface area contributed by atoms with Crippen LogP contribution in [0.1, 0.15) is 23.3 Å². The maximum atomic E-state index is 12.2. The maximum Gasteiger partial charge on any atom is 0.272 e. The van der Waals surface area contributed by atoms with Crippen LogP contribution < -0.4 is 5.73 Å². The van der Waals surface area contributed by atoms with Crippen molar-refractivity contribution in [2.45, 2.75) is 12.8 Å². The Morgan fingerprint density at radius 1 is 1.56 bits per heavy atom. The van der Waals surface area contributed by atoms with Crippen LogP contribution >= 0.6 is 0 Å². The second kappa shape index (κ2) is 5.07. The van der Waals surface area contributed by atoms with Gasteiger partial charge in [0.1, 0.15) is 11.5 Å². The van der Waals surface area contributed by atoms with Gasteiger partial charge in [0.15, 0.2) is 0 Å². The zero-order valence-electron chi connectivity index (χ0n) is 10.3. The number of likely N-dealkylation sites (tertiary alicyclic amines) is 1. The van der Waals surface area contributed by atoms with Crippen molar-refractivity contribution in [2.75, 3.05) is 13.1 Å². The molecule has 1 aromatic rings. The van der Waals surface area contributed by atoms with Crippen LogP contribution in [-0.2, 0) is 7.05 Å². The van der Waals surface area contributed by atoms with Crippen LogP contribution in [-0.4, -0.2) is 44.5 Å². The number of piperidine rings is 1. The SMILES string of the molecule is Cn1cncc1C(=O)N1CCC(/C(N)=N/O)CC1. The molecule has 0 saturated carbocycles. The van der Waals surface area contributed by atoms with Crippen LogP contribution in [0.4, 0.5) is 0 Å². The summed E-state index contributed by atoms with van der Waals surface area (Å²) in [6, 6.07) is 0. The number of carbonyl (C=O) groups is 1. The number of nitrogens with zero attached hydrogens (tertiary/aromatic N) is 4. The van der Waals surface area contributed by atoms with E-state index in [2.05, 4.69) is 10.1 Å². The summed E-state index contributed by atoms with van der Waals surface area (Å²) < 4.78 is 1.71. The molecule has 2 rings (SSSR count). The highest BCUT2D eigenvalue weighted by Crippen LogP contribution is 2.18. The van der Waals surface area contributed by atoms with E-state index < -0.39 is 0 Å². The first kappa shape index (κ1) is 12.4. The smallest absolute Gasteiger partial charge is 0.272 e. The summed E-state index contributed by atoms with van der Waals surface area (Å²) in [6.07, 6.45) is 4.62. The Hall–Kier alpha value is -2.05. The minimum Gasteiger partial charge on any atom is -0.409 e. The molecule has 3 N–H and O–H groups in total. The minimum atomic E-state index is -0.0204. The molecule has 7 heteroatoms. The summed E-state index contributed by atoms with van der Waals surface area (Å²) >= 11 is 0. The molecule has 1 fully saturated rings. The van der Waals surface area contributed by atoms with Crippen molar-refractivity contribution in [2.24, 2.45) is 23.9 Å². The Kier molecular flexibility index (Phi) is 3.50. The summed E-state index contributed by atoms with van der Waals surface area (Å²) in [6.45, 7) is 1.23. The molecule has 0 aromatic carbocycles. The van der Waals surface area contributed by atoms with Crippen molar-refractivity contribution in [3.63, 3.8) is 0 Å². The van der Waals surface area contributed by atoms with Crippen LogP contribution in [0, 0.1) is 5.92 Å². The zero-order chi connectivity index (χ0) is 13.1. The Balaban J connectivity index is 1.98. The number of oxime groups is 1. The number of rotatable bonds is 2. The van der Waals surface area contributed by atoms with E-state index in [1.165, 1.54) is 0 Å². The Bertz CT molecular complexity index is 460. The highest BCUT2D eigenvalue weighted by Gasteiger charge is 2.26. The number of nitrogens with two attached hydrogens (primary N) is 1. The van der Waals surface area contributed by atoms with E-state index in [0.29, 0.717) is 18.8 Å². The van der Waals surface area contributed by atoms with Gasteiger partial charge in [0.25, 0.3) is 5.91 Å². The molecule has 1 saturated heterocycles. The molecule has 2 heterocycles. The highest BCUT2D eigenvalue weighted by molar-refractivity contribution is 5.92. The van der Waals surface area contributed by atoms with Crippen molar-refractivity contribution in [1.82, 2.24) is 14.5 Å². The van der Waals surface area contributed by atoms with Gasteiger partial charge in [0.05, 0.1) is 12.5 Å². The van der Waals surface area contributed by atoms with Crippen LogP contribution in [0.5, 0.6) is 0 Å². The predicted molar refractivity (Wildman–Crippen MR) is 65.2 cm³/mol. The average Bonchev–Trinajstić information content (AvgIpc) is 2.83. The lowest BCUT2D eigenvalue weighted by atomic mass is 9.95. The summed E-state index contributed by atoms with van der Waals surface area (Å²) in [5.41, 5.74) is 6.15. The summed E-state index contributed by atoms with van der Waals surface area (Å²) in [5, 5.41) is 11.6. The standard InChI is InChI=1S/C11H17N5O2/c1-15-7-13-6-9(15)11(17)16-4-2-8(3-5-16)10(12)14-18/h6-8,18H,2-5H2,1H3,(H2,12,14). The van der Waals surface area contributed by atoms with E-state index in [4.69, 9.17) is 10.9 Å². The van der Waals surface area contributed by atoms with Crippen LogP contribution in [0.2, 0.25) is 0 Å². The Morgan fingerprint density at radius 3 is 2.72 bits per heavy atom. The molecule has 7 nitrogen and oxygen atoms in total. The lowest BCUT2D eigenvalue weighted by Crippen LogP contribution is -2.42. The molecule has 0 spiro atoms. The number of amides is 1. The summed E-state index contributed by atoms with van der Waals surface area (Å²) in [5.74, 6) is 0.293. The van der Waals surface area contributed by atoms with Gasteiger partial charge in [-0.1, -0.05) is 5.16 Å². The van der Waals surface area contributed by atoms with E-state index in [-0.39, 0.29) is 17.7 Å². The van der Waals surface area contributed by atoms with E-state index in [1.54, 1.807) is 29.0 Å². The van der Waals surface area contributed by atoms with Gasteiger partial charge >= 0.3 is 0 Å². The molecule has 0 bridgehead atoms. The fourth-order valence-corrected chi connectivity index (χ4v) is 2.19. The van der Waals surface area contributed by atoms with Gasteiger partial charge in [-0.3, -0.25) is 4.79 Å². The number of carbonyl (C=O) groups excluding carboxylic acids is 1. The molecule has 0 radical (unpaired) electrons. The number of amidine groups is 1. The number of aromatic nitrogens is 2. The first-order valence-corrected chi connectivity index (χ1v) is 5.86. The molecular formula is C11H17N5O2. The quantitative estimate of drug-likeness (QED) is 0.335. The fourth-order valence-electron chi connectivity index (χ4n) is 2.19. The molecule has 1 aliphatic heterocycles. The van der Waals surface area contributed by atoms with Crippen LogP contribution in [0.3, 0.4) is 0 Å². The summed E-state index contributed by atoms with van der Waals surface area (Å²) in [7, 11) is 1.80. The fraction of sp³-hybridized carbons (Fsp3) is 0.545. The van der Waals surface area contributed by atoms with Gasteiger partial charge < -0.3 is 20.4 Å². The monoisotopic (exact) mass is 251 g/mol. The van der Waals surface area contributed by atoms with Crippen LogP contribution in [0.25, 0.3) is 0 Å². The average molecular weight is 251 g/mol. The van der Waals surface area contributed by atoms with Gasteiger partial charge in [-0.2, -0.15) is 0 Å². The number of hydrogen-bond acceptors (Lipinski definition) is 4. The zero-order valence-corrected chi connectivity index (χ0v) is 10.3. The first-order valence-electron chi connectivity index (χ1n) is 5.86. The molecule has 0 unspecified atom stereocenters. The second-order valence-corrected chi connectivity index (χ2v) is 4.48. The van der Waals surface area contributed by atoms with Gasteiger partial charge in [-0.25, -0.2) is 4.98 Å². The van der Waals surface area contributed by atoms with Gasteiger partial charge in [-0.15, -0.1) is 0 Å². The van der Waals surface area contributed by atoms with Crippen molar-refractivity contribution in [3.8, 4) is 0 Å². The van der Waals surface area contributed by atoms with Gasteiger partial charge in [0, 0.05) is 26.1 Å². The van der Waals surface area contributed by atoms with E-state index in [9.17, 15) is 4.79 Å². The third-order valence-electron chi connectivity index (χ3n) is 3.35. The molecular weight excluding hydrogens is 234 g/mol. The largest absolute Gasteiger partial charge is 0.409 e.